The van der Waals surface area contributed by atoms with Gasteiger partial charge in [-0.15, -0.1) is 0 Å². The quantitative estimate of drug-likeness (QED) is 0.232. The number of sulfonamides is 1. The summed E-state index contributed by atoms with van der Waals surface area (Å²) in [5, 5.41) is 4.01. The summed E-state index contributed by atoms with van der Waals surface area (Å²) < 4.78 is 38.6. The molecular formula is C28H25N3O5S. The average Bonchev–Trinajstić information content (AvgIpc) is 2.93. The third-order valence-electron chi connectivity index (χ3n) is 5.26. The van der Waals surface area contributed by atoms with E-state index in [1.165, 1.54) is 42.6 Å². The van der Waals surface area contributed by atoms with Crippen molar-refractivity contribution in [2.45, 2.75) is 11.5 Å². The van der Waals surface area contributed by atoms with Gasteiger partial charge in [0, 0.05) is 11.3 Å². The van der Waals surface area contributed by atoms with Gasteiger partial charge in [0.15, 0.2) is 11.5 Å². The second kappa shape index (κ2) is 11.9. The molecule has 4 aromatic rings. The van der Waals surface area contributed by atoms with Crippen molar-refractivity contribution in [1.82, 2.24) is 5.43 Å². The molecule has 9 heteroatoms. The minimum atomic E-state index is -3.71. The molecule has 0 heterocycles. The van der Waals surface area contributed by atoms with Crippen molar-refractivity contribution in [2.24, 2.45) is 5.10 Å². The lowest BCUT2D eigenvalue weighted by atomic mass is 10.2. The number of benzene rings is 4. The third kappa shape index (κ3) is 6.96. The van der Waals surface area contributed by atoms with Crippen LogP contribution in [0.25, 0.3) is 0 Å². The number of rotatable bonds is 10. The fourth-order valence-corrected chi connectivity index (χ4v) is 4.43. The molecule has 0 fully saturated rings. The van der Waals surface area contributed by atoms with E-state index in [2.05, 4.69) is 15.2 Å². The van der Waals surface area contributed by atoms with Gasteiger partial charge in [-0.2, -0.15) is 5.10 Å². The molecule has 0 bridgehead atoms. The highest BCUT2D eigenvalue weighted by atomic mass is 32.2. The topological polar surface area (TPSA) is 106 Å². The summed E-state index contributed by atoms with van der Waals surface area (Å²) in [5.41, 5.74) is 4.86. The molecule has 0 saturated heterocycles. The maximum absolute atomic E-state index is 12.4. The molecule has 0 aliphatic rings. The second-order valence-corrected chi connectivity index (χ2v) is 9.56. The monoisotopic (exact) mass is 515 g/mol. The first kappa shape index (κ1) is 25.5. The molecule has 0 aliphatic heterocycles. The van der Waals surface area contributed by atoms with E-state index >= 15 is 0 Å². The molecule has 8 nitrogen and oxygen atoms in total. The van der Waals surface area contributed by atoms with E-state index in [1.807, 2.05) is 30.3 Å². The normalized spacial score (nSPS) is 11.2. The molecule has 0 spiro atoms. The molecule has 0 radical (unpaired) electrons. The molecule has 0 saturated carbocycles. The first-order chi connectivity index (χ1) is 17.9. The predicted molar refractivity (Wildman–Crippen MR) is 143 cm³/mol. The highest BCUT2D eigenvalue weighted by Gasteiger charge is 2.14. The van der Waals surface area contributed by atoms with Crippen LogP contribution >= 0.6 is 0 Å². The van der Waals surface area contributed by atoms with E-state index in [1.54, 1.807) is 43.5 Å². The number of hydrogen-bond donors (Lipinski definition) is 2. The van der Waals surface area contributed by atoms with Gasteiger partial charge in [0.05, 0.1) is 18.2 Å². The van der Waals surface area contributed by atoms with Crippen molar-refractivity contribution in [3.63, 3.8) is 0 Å². The Morgan fingerprint density at radius 3 is 2.22 bits per heavy atom. The Morgan fingerprint density at radius 1 is 0.865 bits per heavy atom. The Hall–Kier alpha value is -4.63. The van der Waals surface area contributed by atoms with Gasteiger partial charge in [-0.25, -0.2) is 13.8 Å². The van der Waals surface area contributed by atoms with Crippen LogP contribution in [-0.4, -0.2) is 27.6 Å². The van der Waals surface area contributed by atoms with Gasteiger partial charge in [-0.05, 0) is 65.7 Å². The number of hydrogen-bond acceptors (Lipinski definition) is 6. The summed E-state index contributed by atoms with van der Waals surface area (Å²) in [4.78, 5) is 12.6. The summed E-state index contributed by atoms with van der Waals surface area (Å²) in [6.45, 7) is 0.410. The molecule has 1 amide bonds. The fraction of sp³-hybridized carbons (Fsp3) is 0.0714. The van der Waals surface area contributed by atoms with Crippen LogP contribution in [-0.2, 0) is 16.6 Å². The molecule has 4 aromatic carbocycles. The van der Waals surface area contributed by atoms with Crippen LogP contribution in [0.1, 0.15) is 21.5 Å². The van der Waals surface area contributed by atoms with Crippen molar-refractivity contribution in [2.75, 3.05) is 11.8 Å². The van der Waals surface area contributed by atoms with E-state index in [4.69, 9.17) is 9.47 Å². The maximum Gasteiger partial charge on any atom is 0.271 e. The number of methoxy groups -OCH3 is 1. The van der Waals surface area contributed by atoms with Crippen LogP contribution in [0.3, 0.4) is 0 Å². The number of carbonyl (C=O) groups is 1. The first-order valence-electron chi connectivity index (χ1n) is 11.3. The van der Waals surface area contributed by atoms with Crippen LogP contribution in [0.4, 0.5) is 5.69 Å². The molecule has 4 rings (SSSR count). The van der Waals surface area contributed by atoms with Crippen LogP contribution in [0, 0.1) is 0 Å². The van der Waals surface area contributed by atoms with E-state index in [-0.39, 0.29) is 4.90 Å². The lowest BCUT2D eigenvalue weighted by Gasteiger charge is -2.11. The average molecular weight is 516 g/mol. The molecule has 2 N–H and O–H groups in total. The van der Waals surface area contributed by atoms with Crippen molar-refractivity contribution < 1.29 is 22.7 Å². The molecule has 0 aliphatic carbocycles. The Kier molecular flexibility index (Phi) is 8.17. The number of ether oxygens (including phenoxy) is 2. The van der Waals surface area contributed by atoms with Gasteiger partial charge in [-0.3, -0.25) is 9.52 Å². The molecule has 37 heavy (non-hydrogen) atoms. The summed E-state index contributed by atoms with van der Waals surface area (Å²) in [7, 11) is -2.16. The first-order valence-corrected chi connectivity index (χ1v) is 12.8. The smallest absolute Gasteiger partial charge is 0.271 e. The number of hydrazone groups is 1. The van der Waals surface area contributed by atoms with E-state index in [0.717, 1.165) is 5.56 Å². The van der Waals surface area contributed by atoms with Crippen molar-refractivity contribution in [1.29, 1.82) is 0 Å². The lowest BCUT2D eigenvalue weighted by Crippen LogP contribution is -2.18. The van der Waals surface area contributed by atoms with E-state index < -0.39 is 15.9 Å². The van der Waals surface area contributed by atoms with Gasteiger partial charge >= 0.3 is 0 Å². The predicted octanol–water partition coefficient (Wildman–Crippen LogP) is 4.84. The summed E-state index contributed by atoms with van der Waals surface area (Å²) in [6.07, 6.45) is 1.49. The molecule has 0 aromatic heterocycles. The van der Waals surface area contributed by atoms with Gasteiger partial charge in [0.2, 0.25) is 0 Å². The zero-order valence-corrected chi connectivity index (χ0v) is 20.8. The summed E-state index contributed by atoms with van der Waals surface area (Å²) in [5.74, 6) is 0.693. The van der Waals surface area contributed by atoms with E-state index in [9.17, 15) is 13.2 Å². The van der Waals surface area contributed by atoms with E-state index in [0.29, 0.717) is 34.9 Å². The van der Waals surface area contributed by atoms with Crippen molar-refractivity contribution in [3.05, 3.63) is 120 Å². The molecule has 0 atom stereocenters. The maximum atomic E-state index is 12.4. The van der Waals surface area contributed by atoms with Crippen LogP contribution in [0.5, 0.6) is 11.5 Å². The number of amides is 1. The Balaban J connectivity index is 1.34. The Bertz CT molecular complexity index is 1470. The minimum absolute atomic E-state index is 0.151. The van der Waals surface area contributed by atoms with Crippen LogP contribution in [0.2, 0.25) is 0 Å². The number of carbonyl (C=O) groups excluding carboxylic acids is 1. The standard InChI is InChI=1S/C28H25N3O5S/c1-35-27-18-22(12-17-26(27)36-20-21-8-4-2-5-9-21)19-29-30-28(32)23-13-15-24(16-14-23)31-37(33,34)25-10-6-3-7-11-25/h2-19,31H,20H2,1H3,(H,30,32). The SMILES string of the molecule is COc1cc(C=NNC(=O)c2ccc(NS(=O)(=O)c3ccccc3)cc2)ccc1OCc1ccccc1. The molecule has 0 unspecified atom stereocenters. The second-order valence-electron chi connectivity index (χ2n) is 7.88. The lowest BCUT2D eigenvalue weighted by molar-refractivity contribution is 0.0955. The number of nitrogens with zero attached hydrogens (tertiary/aromatic N) is 1. The fourth-order valence-electron chi connectivity index (χ4n) is 3.35. The summed E-state index contributed by atoms with van der Waals surface area (Å²) >= 11 is 0. The number of nitrogens with one attached hydrogen (secondary N) is 2. The third-order valence-corrected chi connectivity index (χ3v) is 6.65. The number of anilines is 1. The highest BCUT2D eigenvalue weighted by Crippen LogP contribution is 2.28. The Labute approximate surface area is 215 Å². The van der Waals surface area contributed by atoms with Gasteiger partial charge < -0.3 is 9.47 Å². The van der Waals surface area contributed by atoms with Crippen molar-refractivity contribution >= 4 is 27.8 Å². The summed E-state index contributed by atoms with van der Waals surface area (Å²) in [6, 6.07) is 29.2. The van der Waals surface area contributed by atoms with Gasteiger partial charge in [0.25, 0.3) is 15.9 Å². The zero-order chi connectivity index (χ0) is 26.1. The molecular weight excluding hydrogens is 490 g/mol. The van der Waals surface area contributed by atoms with Gasteiger partial charge in [0.1, 0.15) is 6.61 Å². The Morgan fingerprint density at radius 2 is 1.54 bits per heavy atom. The van der Waals surface area contributed by atoms with Crippen LogP contribution in [0.15, 0.2) is 113 Å². The van der Waals surface area contributed by atoms with Gasteiger partial charge in [-0.1, -0.05) is 48.5 Å². The zero-order valence-electron chi connectivity index (χ0n) is 20.0. The van der Waals surface area contributed by atoms with Crippen LogP contribution < -0.4 is 19.6 Å². The highest BCUT2D eigenvalue weighted by molar-refractivity contribution is 7.92. The molecule has 188 valence electrons. The van der Waals surface area contributed by atoms with Crippen molar-refractivity contribution in [3.8, 4) is 11.5 Å². The largest absolute Gasteiger partial charge is 0.493 e. The minimum Gasteiger partial charge on any atom is -0.493 e.